The van der Waals surface area contributed by atoms with Gasteiger partial charge in [-0.2, -0.15) is 0 Å². The topological polar surface area (TPSA) is 20.3 Å². The Hall–Kier alpha value is -1.28. The van der Waals surface area contributed by atoms with Crippen LogP contribution in [0.3, 0.4) is 0 Å². The fourth-order valence-electron chi connectivity index (χ4n) is 2.21. The first-order chi connectivity index (χ1) is 7.72. The van der Waals surface area contributed by atoms with Gasteiger partial charge in [0.05, 0.1) is 6.04 Å². The van der Waals surface area contributed by atoms with Crippen LogP contribution in [0.2, 0.25) is 5.02 Å². The van der Waals surface area contributed by atoms with E-state index in [0.29, 0.717) is 0 Å². The molecule has 1 amide bonds. The molecule has 0 aliphatic carbocycles. The summed E-state index contributed by atoms with van der Waals surface area (Å²) in [6, 6.07) is 7.88. The minimum absolute atomic E-state index is 0.00229. The van der Waals surface area contributed by atoms with Gasteiger partial charge in [-0.3, -0.25) is 4.79 Å². The van der Waals surface area contributed by atoms with E-state index in [2.05, 4.69) is 6.58 Å². The summed E-state index contributed by atoms with van der Waals surface area (Å²) < 4.78 is 0. The lowest BCUT2D eigenvalue weighted by Gasteiger charge is -2.23. The highest BCUT2D eigenvalue weighted by Gasteiger charge is 2.28. The van der Waals surface area contributed by atoms with Crippen LogP contribution in [0.15, 0.2) is 36.9 Å². The number of benzene rings is 1. The third kappa shape index (κ3) is 2.12. The summed E-state index contributed by atoms with van der Waals surface area (Å²) >= 11 is 5.96. The van der Waals surface area contributed by atoms with Crippen molar-refractivity contribution in [3.8, 4) is 0 Å². The molecule has 1 atom stereocenters. The second-order valence-electron chi connectivity index (χ2n) is 3.95. The van der Waals surface area contributed by atoms with E-state index in [1.807, 2.05) is 29.2 Å². The lowest BCUT2D eigenvalue weighted by molar-refractivity contribution is -0.126. The Kier molecular flexibility index (Phi) is 3.30. The van der Waals surface area contributed by atoms with Gasteiger partial charge in [0, 0.05) is 11.6 Å². The summed E-state index contributed by atoms with van der Waals surface area (Å²) in [7, 11) is 0. The summed E-state index contributed by atoms with van der Waals surface area (Å²) in [4.78, 5) is 13.5. The molecule has 0 radical (unpaired) electrons. The van der Waals surface area contributed by atoms with E-state index >= 15 is 0 Å². The summed E-state index contributed by atoms with van der Waals surface area (Å²) in [5, 5.41) is 0.718. The van der Waals surface area contributed by atoms with E-state index in [-0.39, 0.29) is 11.9 Å². The van der Waals surface area contributed by atoms with Crippen LogP contribution in [0, 0.1) is 0 Å². The molecule has 2 rings (SSSR count). The number of halogens is 1. The van der Waals surface area contributed by atoms with Gasteiger partial charge in [0.2, 0.25) is 5.91 Å². The Labute approximate surface area is 101 Å². The number of carbonyl (C=O) groups excluding carboxylic acids is 1. The van der Waals surface area contributed by atoms with Crippen molar-refractivity contribution in [1.29, 1.82) is 0 Å². The average Bonchev–Trinajstić information content (AvgIpc) is 2.77. The van der Waals surface area contributed by atoms with Crippen molar-refractivity contribution < 1.29 is 4.79 Å². The van der Waals surface area contributed by atoms with Crippen LogP contribution in [-0.4, -0.2) is 17.4 Å². The average molecular weight is 236 g/mol. The van der Waals surface area contributed by atoms with E-state index < -0.39 is 0 Å². The molecular formula is C13H14ClNO. The molecule has 0 N–H and O–H groups in total. The molecule has 16 heavy (non-hydrogen) atoms. The van der Waals surface area contributed by atoms with Crippen LogP contribution < -0.4 is 0 Å². The third-order valence-corrected chi connectivity index (χ3v) is 3.18. The second kappa shape index (κ2) is 4.71. The van der Waals surface area contributed by atoms with Crippen LogP contribution in [0.25, 0.3) is 0 Å². The lowest BCUT2D eigenvalue weighted by atomic mass is 10.0. The Balaban J connectivity index is 2.26. The number of nitrogens with zero attached hydrogens (tertiary/aromatic N) is 1. The van der Waals surface area contributed by atoms with E-state index in [1.165, 1.54) is 6.08 Å². The Morgan fingerprint density at radius 1 is 1.56 bits per heavy atom. The second-order valence-corrected chi connectivity index (χ2v) is 4.39. The van der Waals surface area contributed by atoms with E-state index in [4.69, 9.17) is 11.6 Å². The molecule has 1 saturated heterocycles. The quantitative estimate of drug-likeness (QED) is 0.721. The van der Waals surface area contributed by atoms with Gasteiger partial charge in [-0.15, -0.1) is 0 Å². The highest BCUT2D eigenvalue weighted by Crippen LogP contribution is 2.32. The highest BCUT2D eigenvalue weighted by atomic mass is 35.5. The van der Waals surface area contributed by atoms with Gasteiger partial charge >= 0.3 is 0 Å². The molecule has 1 heterocycles. The Morgan fingerprint density at radius 3 is 3.06 bits per heavy atom. The van der Waals surface area contributed by atoms with Crippen molar-refractivity contribution in [2.75, 3.05) is 6.54 Å². The molecule has 1 aliphatic heterocycles. The number of carbonyl (C=O) groups is 1. The molecule has 0 saturated carbocycles. The zero-order valence-corrected chi connectivity index (χ0v) is 9.78. The minimum Gasteiger partial charge on any atom is -0.332 e. The van der Waals surface area contributed by atoms with Crippen molar-refractivity contribution in [1.82, 2.24) is 4.90 Å². The maximum absolute atomic E-state index is 11.7. The number of amides is 1. The molecular weight excluding hydrogens is 222 g/mol. The van der Waals surface area contributed by atoms with Crippen molar-refractivity contribution in [3.63, 3.8) is 0 Å². The number of hydrogen-bond acceptors (Lipinski definition) is 1. The summed E-state index contributed by atoms with van der Waals surface area (Å²) in [6.07, 6.45) is 3.42. The van der Waals surface area contributed by atoms with Gasteiger partial charge in [-0.05, 0) is 36.6 Å². The molecule has 0 bridgehead atoms. The van der Waals surface area contributed by atoms with E-state index in [0.717, 1.165) is 30.0 Å². The van der Waals surface area contributed by atoms with Crippen LogP contribution in [0.4, 0.5) is 0 Å². The first kappa shape index (κ1) is 11.2. The molecule has 2 nitrogen and oxygen atoms in total. The predicted molar refractivity (Wildman–Crippen MR) is 65.3 cm³/mol. The standard InChI is InChI=1S/C13H14ClNO/c1-2-13(16)15-8-4-7-12(15)10-5-3-6-11(14)9-10/h2-3,5-6,9,12H,1,4,7-8H2/t12-/m1/s1. The fourth-order valence-corrected chi connectivity index (χ4v) is 2.41. The Morgan fingerprint density at radius 2 is 2.38 bits per heavy atom. The van der Waals surface area contributed by atoms with Gasteiger partial charge in [-0.25, -0.2) is 0 Å². The maximum Gasteiger partial charge on any atom is 0.246 e. The van der Waals surface area contributed by atoms with Crippen LogP contribution in [-0.2, 0) is 4.79 Å². The van der Waals surface area contributed by atoms with Crippen molar-refractivity contribution >= 4 is 17.5 Å². The largest absolute Gasteiger partial charge is 0.332 e. The van der Waals surface area contributed by atoms with Crippen molar-refractivity contribution in [2.24, 2.45) is 0 Å². The fraction of sp³-hybridized carbons (Fsp3) is 0.308. The molecule has 0 spiro atoms. The minimum atomic E-state index is 0.00229. The first-order valence-electron chi connectivity index (χ1n) is 5.41. The van der Waals surface area contributed by atoms with Gasteiger partial charge < -0.3 is 4.90 Å². The summed E-state index contributed by atoms with van der Waals surface area (Å²) in [5.74, 6) is 0.00229. The van der Waals surface area contributed by atoms with Crippen LogP contribution in [0.5, 0.6) is 0 Å². The number of likely N-dealkylation sites (tertiary alicyclic amines) is 1. The summed E-state index contributed by atoms with van der Waals surface area (Å²) in [5.41, 5.74) is 1.11. The number of hydrogen-bond donors (Lipinski definition) is 0. The zero-order chi connectivity index (χ0) is 11.5. The molecule has 1 aromatic carbocycles. The van der Waals surface area contributed by atoms with Crippen LogP contribution >= 0.6 is 11.6 Å². The molecule has 0 aromatic heterocycles. The van der Waals surface area contributed by atoms with E-state index in [9.17, 15) is 4.79 Å². The van der Waals surface area contributed by atoms with Crippen molar-refractivity contribution in [3.05, 3.63) is 47.5 Å². The molecule has 3 heteroatoms. The van der Waals surface area contributed by atoms with Gasteiger partial charge in [0.15, 0.2) is 0 Å². The van der Waals surface area contributed by atoms with Gasteiger partial charge in [0.1, 0.15) is 0 Å². The molecule has 1 fully saturated rings. The lowest BCUT2D eigenvalue weighted by Crippen LogP contribution is -2.28. The van der Waals surface area contributed by atoms with E-state index in [1.54, 1.807) is 0 Å². The maximum atomic E-state index is 11.7. The first-order valence-corrected chi connectivity index (χ1v) is 5.78. The smallest absolute Gasteiger partial charge is 0.246 e. The highest BCUT2D eigenvalue weighted by molar-refractivity contribution is 6.30. The van der Waals surface area contributed by atoms with Gasteiger partial charge in [-0.1, -0.05) is 30.3 Å². The Bertz CT molecular complexity index is 416. The zero-order valence-electron chi connectivity index (χ0n) is 9.03. The normalized spacial score (nSPS) is 19.8. The molecule has 1 aromatic rings. The van der Waals surface area contributed by atoms with Crippen LogP contribution in [0.1, 0.15) is 24.4 Å². The molecule has 1 aliphatic rings. The molecule has 0 unspecified atom stereocenters. The summed E-state index contributed by atoms with van der Waals surface area (Å²) in [6.45, 7) is 4.34. The van der Waals surface area contributed by atoms with Crippen molar-refractivity contribution in [2.45, 2.75) is 18.9 Å². The van der Waals surface area contributed by atoms with Gasteiger partial charge in [0.25, 0.3) is 0 Å². The predicted octanol–water partition coefficient (Wildman–Crippen LogP) is 3.19. The third-order valence-electron chi connectivity index (χ3n) is 2.94. The monoisotopic (exact) mass is 235 g/mol. The number of rotatable bonds is 2. The SMILES string of the molecule is C=CC(=O)N1CCC[C@@H]1c1cccc(Cl)c1. The molecule has 84 valence electrons.